The van der Waals surface area contributed by atoms with Crippen molar-refractivity contribution in [2.75, 3.05) is 25.0 Å². The Kier molecular flexibility index (Phi) is 7.31. The molecule has 2 aromatic carbocycles. The van der Waals surface area contributed by atoms with Gasteiger partial charge in [0.05, 0.1) is 11.1 Å². The molecule has 41 heavy (non-hydrogen) atoms. The van der Waals surface area contributed by atoms with E-state index in [1.54, 1.807) is 30.9 Å². The Balaban J connectivity index is 1.32. The van der Waals surface area contributed by atoms with Crippen LogP contribution in [0.25, 0.3) is 0 Å². The summed E-state index contributed by atoms with van der Waals surface area (Å²) in [5.74, 6) is -3.09. The molecule has 11 heteroatoms. The van der Waals surface area contributed by atoms with E-state index >= 15 is 0 Å². The predicted molar refractivity (Wildman–Crippen MR) is 147 cm³/mol. The van der Waals surface area contributed by atoms with Crippen LogP contribution in [0.5, 0.6) is 0 Å². The Labute approximate surface area is 237 Å². The molecule has 5 rings (SSSR count). The molecule has 5 amide bonds. The summed E-state index contributed by atoms with van der Waals surface area (Å²) in [6, 6.07) is 8.84. The number of halogens is 1. The van der Waals surface area contributed by atoms with Gasteiger partial charge in [0.25, 0.3) is 11.8 Å². The number of carboxylic acids is 1. The van der Waals surface area contributed by atoms with Gasteiger partial charge >= 0.3 is 12.0 Å². The van der Waals surface area contributed by atoms with Crippen LogP contribution in [0, 0.1) is 11.7 Å². The average Bonchev–Trinajstić information content (AvgIpc) is 3.78. The highest BCUT2D eigenvalue weighted by molar-refractivity contribution is 6.17. The number of carbonyl (C=O) groups excluding carboxylic acids is 4. The highest BCUT2D eigenvalue weighted by Crippen LogP contribution is 2.41. The quantitative estimate of drug-likeness (QED) is 0.495. The largest absolute Gasteiger partial charge is 0.478 e. The lowest BCUT2D eigenvalue weighted by Crippen LogP contribution is -2.60. The van der Waals surface area contributed by atoms with E-state index in [9.17, 15) is 33.5 Å². The molecule has 2 N–H and O–H groups in total. The Morgan fingerprint density at radius 3 is 2.22 bits per heavy atom. The van der Waals surface area contributed by atoms with Crippen LogP contribution in [0.15, 0.2) is 42.5 Å². The lowest BCUT2D eigenvalue weighted by Gasteiger charge is -2.43. The number of piperidine rings is 1. The summed E-state index contributed by atoms with van der Waals surface area (Å²) in [6.07, 6.45) is 2.33. The molecule has 216 valence electrons. The van der Waals surface area contributed by atoms with E-state index in [0.29, 0.717) is 11.6 Å². The van der Waals surface area contributed by atoms with Crippen LogP contribution in [0.4, 0.5) is 14.9 Å². The summed E-state index contributed by atoms with van der Waals surface area (Å²) < 4.78 is 14.6. The highest BCUT2D eigenvalue weighted by atomic mass is 19.1. The molecule has 1 spiro atoms. The van der Waals surface area contributed by atoms with Crippen LogP contribution in [0.3, 0.4) is 0 Å². The fourth-order valence-electron chi connectivity index (χ4n) is 5.79. The molecule has 0 bridgehead atoms. The third kappa shape index (κ3) is 5.05. The van der Waals surface area contributed by atoms with Gasteiger partial charge in [-0.05, 0) is 79.5 Å². The summed E-state index contributed by atoms with van der Waals surface area (Å²) in [5, 5.41) is 12.0. The third-order valence-electron chi connectivity index (χ3n) is 8.39. The van der Waals surface area contributed by atoms with E-state index < -0.39 is 41.2 Å². The Hall–Kier alpha value is -4.28. The van der Waals surface area contributed by atoms with Crippen molar-refractivity contribution in [3.05, 3.63) is 65.0 Å². The van der Waals surface area contributed by atoms with Crippen molar-refractivity contribution in [2.45, 2.75) is 57.0 Å². The molecule has 2 saturated heterocycles. The molecule has 2 aromatic rings. The number of carboxylic acid groups (broad SMARTS) is 1. The van der Waals surface area contributed by atoms with E-state index in [-0.39, 0.29) is 48.9 Å². The van der Waals surface area contributed by atoms with Crippen molar-refractivity contribution >= 4 is 35.4 Å². The number of aromatic carboxylic acids is 1. The lowest BCUT2D eigenvalue weighted by atomic mass is 9.85. The normalized spacial score (nSPS) is 19.2. The molecule has 0 unspecified atom stereocenters. The second kappa shape index (κ2) is 10.6. The van der Waals surface area contributed by atoms with E-state index in [0.717, 1.165) is 23.3 Å². The Bertz CT molecular complexity index is 1410. The van der Waals surface area contributed by atoms with Crippen LogP contribution in [0.2, 0.25) is 0 Å². The topological polar surface area (TPSA) is 127 Å². The maximum absolute atomic E-state index is 14.6. The van der Waals surface area contributed by atoms with E-state index in [1.807, 2.05) is 0 Å². The van der Waals surface area contributed by atoms with Gasteiger partial charge in [-0.25, -0.2) is 14.0 Å². The summed E-state index contributed by atoms with van der Waals surface area (Å²) in [5.41, 5.74) is 0.0352. The minimum absolute atomic E-state index is 0.0514. The molecule has 1 atom stereocenters. The Morgan fingerprint density at radius 2 is 1.66 bits per heavy atom. The molecule has 1 aliphatic carbocycles. The number of imide groups is 1. The number of carbonyl (C=O) groups is 5. The molecule has 0 aromatic heterocycles. The van der Waals surface area contributed by atoms with Crippen molar-refractivity contribution in [3.8, 4) is 0 Å². The summed E-state index contributed by atoms with van der Waals surface area (Å²) in [7, 11) is 1.40. The number of urea groups is 1. The monoisotopic (exact) mass is 564 g/mol. The molecule has 3 aliphatic rings. The number of likely N-dealkylation sites (N-methyl/N-ethyl adjacent to an activating group) is 1. The zero-order chi connectivity index (χ0) is 29.6. The van der Waals surface area contributed by atoms with Crippen molar-refractivity contribution in [2.24, 2.45) is 5.92 Å². The Morgan fingerprint density at radius 1 is 1.02 bits per heavy atom. The second-order valence-electron chi connectivity index (χ2n) is 11.4. The molecule has 3 fully saturated rings. The fraction of sp³-hybridized carbons (Fsp3) is 0.433. The first kappa shape index (κ1) is 28.3. The van der Waals surface area contributed by atoms with Gasteiger partial charge in [-0.15, -0.1) is 0 Å². The average molecular weight is 565 g/mol. The minimum atomic E-state index is -1.23. The maximum Gasteiger partial charge on any atom is 0.335 e. The van der Waals surface area contributed by atoms with Crippen LogP contribution >= 0.6 is 0 Å². The molecule has 10 nitrogen and oxygen atoms in total. The first-order valence-corrected chi connectivity index (χ1v) is 13.8. The maximum atomic E-state index is 14.6. The zero-order valence-electron chi connectivity index (χ0n) is 23.2. The SMILES string of the molecule is CC(C)[C@@H](NC(=O)c1cc(C2CC2)ccc1F)C(=O)N1CCC2(CC1)C(=O)N(C)C(=O)N2c1ccc(C(=O)O)cc1. The van der Waals surface area contributed by atoms with Gasteiger partial charge in [0.15, 0.2) is 0 Å². The standard InChI is InChI=1S/C30H33FN4O6/c1-17(2)24(32-25(36)22-16-20(18-4-5-18)8-11-23(22)31)26(37)34-14-12-30(13-15-34)28(40)33(3)29(41)35(30)21-9-6-19(7-10-21)27(38)39/h6-11,16-18,24H,4-5,12-15H2,1-3H3,(H,32,36)(H,38,39)/t24-/m1/s1. The van der Waals surface area contributed by atoms with Crippen LogP contribution in [-0.4, -0.2) is 76.3 Å². The molecule has 1 saturated carbocycles. The molecule has 2 heterocycles. The number of amides is 5. The first-order valence-electron chi connectivity index (χ1n) is 13.8. The zero-order valence-corrected chi connectivity index (χ0v) is 23.2. The van der Waals surface area contributed by atoms with Crippen molar-refractivity contribution in [1.29, 1.82) is 0 Å². The summed E-state index contributed by atoms with van der Waals surface area (Å²) >= 11 is 0. The first-order chi connectivity index (χ1) is 19.4. The van der Waals surface area contributed by atoms with Gasteiger partial charge in [0, 0.05) is 25.8 Å². The molecular formula is C30H33FN4O6. The number of anilines is 1. The van der Waals surface area contributed by atoms with Crippen molar-refractivity contribution in [1.82, 2.24) is 15.1 Å². The smallest absolute Gasteiger partial charge is 0.335 e. The number of likely N-dealkylation sites (tertiary alicyclic amines) is 1. The summed E-state index contributed by atoms with van der Waals surface area (Å²) in [4.78, 5) is 68.5. The minimum Gasteiger partial charge on any atom is -0.478 e. The van der Waals surface area contributed by atoms with Crippen molar-refractivity contribution < 1.29 is 33.5 Å². The second-order valence-corrected chi connectivity index (χ2v) is 11.4. The van der Waals surface area contributed by atoms with Crippen LogP contribution in [0.1, 0.15) is 71.7 Å². The van der Waals surface area contributed by atoms with Crippen molar-refractivity contribution in [3.63, 3.8) is 0 Å². The van der Waals surface area contributed by atoms with Gasteiger partial charge in [0.2, 0.25) is 5.91 Å². The van der Waals surface area contributed by atoms with Crippen LogP contribution in [-0.2, 0) is 9.59 Å². The number of hydrogen-bond donors (Lipinski definition) is 2. The molecule has 0 radical (unpaired) electrons. The van der Waals surface area contributed by atoms with Gasteiger partial charge in [-0.3, -0.25) is 24.2 Å². The molecular weight excluding hydrogens is 531 g/mol. The summed E-state index contributed by atoms with van der Waals surface area (Å²) in [6.45, 7) is 3.89. The van der Waals surface area contributed by atoms with Gasteiger partial charge in [-0.2, -0.15) is 0 Å². The van der Waals surface area contributed by atoms with E-state index in [2.05, 4.69) is 5.32 Å². The molecule has 2 aliphatic heterocycles. The van der Waals surface area contributed by atoms with E-state index in [4.69, 9.17) is 0 Å². The number of nitrogens with zero attached hydrogens (tertiary/aromatic N) is 3. The van der Waals surface area contributed by atoms with E-state index in [1.165, 1.54) is 42.3 Å². The number of hydrogen-bond acceptors (Lipinski definition) is 5. The number of rotatable bonds is 7. The van der Waals surface area contributed by atoms with Gasteiger partial charge < -0.3 is 15.3 Å². The number of benzene rings is 2. The third-order valence-corrected chi connectivity index (χ3v) is 8.39. The highest BCUT2D eigenvalue weighted by Gasteiger charge is 2.58. The van der Waals surface area contributed by atoms with Gasteiger partial charge in [0.1, 0.15) is 17.4 Å². The lowest BCUT2D eigenvalue weighted by molar-refractivity contribution is -0.139. The number of nitrogens with one attached hydrogen (secondary N) is 1. The van der Waals surface area contributed by atoms with Gasteiger partial charge in [-0.1, -0.05) is 19.9 Å². The van der Waals surface area contributed by atoms with Crippen LogP contribution < -0.4 is 10.2 Å². The fourth-order valence-corrected chi connectivity index (χ4v) is 5.79. The predicted octanol–water partition coefficient (Wildman–Crippen LogP) is 3.62.